The molecule has 0 bridgehead atoms. The molecule has 0 spiro atoms. The number of pyridine rings is 2. The molecule has 0 fully saturated rings. The topological polar surface area (TPSA) is 81.4 Å². The van der Waals surface area contributed by atoms with Gasteiger partial charge >= 0.3 is 5.97 Å². The van der Waals surface area contributed by atoms with Gasteiger partial charge in [-0.1, -0.05) is 31.8 Å². The van der Waals surface area contributed by atoms with E-state index < -0.39 is 25.4 Å². The van der Waals surface area contributed by atoms with E-state index in [0.717, 1.165) is 6.04 Å². The number of ether oxygens (including phenoxy) is 1. The summed E-state index contributed by atoms with van der Waals surface area (Å²) in [7, 11) is -1.28. The van der Waals surface area contributed by atoms with Crippen LogP contribution in [0.1, 0.15) is 10.4 Å². The average molecular weight is 415 g/mol. The van der Waals surface area contributed by atoms with Gasteiger partial charge in [-0.15, -0.1) is 0 Å². The van der Waals surface area contributed by atoms with E-state index >= 15 is 0 Å². The highest BCUT2D eigenvalue weighted by molar-refractivity contribution is 6.76. The Morgan fingerprint density at radius 2 is 2.00 bits per heavy atom. The number of halogens is 1. The molecule has 0 aliphatic heterocycles. The monoisotopic (exact) mass is 414 g/mol. The molecule has 0 atom stereocenters. The van der Waals surface area contributed by atoms with E-state index in [1.165, 1.54) is 29.0 Å². The summed E-state index contributed by atoms with van der Waals surface area (Å²) in [6.45, 7) is 7.11. The lowest BCUT2D eigenvalue weighted by Crippen LogP contribution is -2.26. The third kappa shape index (κ3) is 4.96. The van der Waals surface area contributed by atoms with Crippen LogP contribution in [0.5, 0.6) is 0 Å². The van der Waals surface area contributed by atoms with Gasteiger partial charge < -0.3 is 9.84 Å². The van der Waals surface area contributed by atoms with Gasteiger partial charge in [-0.2, -0.15) is 0 Å². The maximum Gasteiger partial charge on any atom is 0.337 e. The Balaban J connectivity index is 2.03. The SMILES string of the molecule is C[Si](C)(C)CCOCn1cc(C(=O)O)c2ccc(-c3cccc(F)c3)nc2c1=O. The summed E-state index contributed by atoms with van der Waals surface area (Å²) in [4.78, 5) is 29.0. The number of carboxylic acids is 1. The van der Waals surface area contributed by atoms with Crippen molar-refractivity contribution in [2.24, 2.45) is 0 Å². The number of carbonyl (C=O) groups is 1. The summed E-state index contributed by atoms with van der Waals surface area (Å²) in [6, 6.07) is 9.90. The number of benzene rings is 1. The number of aromatic carboxylic acids is 1. The molecule has 8 heteroatoms. The molecule has 152 valence electrons. The Kier molecular flexibility index (Phi) is 5.95. The van der Waals surface area contributed by atoms with E-state index in [4.69, 9.17) is 4.74 Å². The molecule has 0 unspecified atom stereocenters. The highest BCUT2D eigenvalue weighted by Crippen LogP contribution is 2.22. The molecule has 29 heavy (non-hydrogen) atoms. The van der Waals surface area contributed by atoms with Crippen molar-refractivity contribution in [3.8, 4) is 11.3 Å². The molecule has 2 heterocycles. The quantitative estimate of drug-likeness (QED) is 0.463. The van der Waals surface area contributed by atoms with Crippen molar-refractivity contribution in [1.29, 1.82) is 0 Å². The van der Waals surface area contributed by atoms with Crippen LogP contribution in [-0.4, -0.2) is 35.3 Å². The predicted octanol–water partition coefficient (Wildman–Crippen LogP) is 4.21. The summed E-state index contributed by atoms with van der Waals surface area (Å²) in [5.41, 5.74) is 0.427. The number of carboxylic acid groups (broad SMARTS) is 1. The van der Waals surface area contributed by atoms with E-state index in [9.17, 15) is 19.1 Å². The maximum absolute atomic E-state index is 13.6. The zero-order valence-corrected chi connectivity index (χ0v) is 17.6. The van der Waals surface area contributed by atoms with Gasteiger partial charge in [-0.05, 0) is 30.3 Å². The lowest BCUT2D eigenvalue weighted by Gasteiger charge is -2.16. The van der Waals surface area contributed by atoms with Gasteiger partial charge in [0, 0.05) is 31.8 Å². The largest absolute Gasteiger partial charge is 0.478 e. The first kappa shape index (κ1) is 20.9. The Morgan fingerprint density at radius 3 is 2.66 bits per heavy atom. The van der Waals surface area contributed by atoms with Crippen LogP contribution in [0, 0.1) is 5.82 Å². The van der Waals surface area contributed by atoms with Gasteiger partial charge in [0.2, 0.25) is 0 Å². The third-order valence-electron chi connectivity index (χ3n) is 4.51. The van der Waals surface area contributed by atoms with E-state index in [2.05, 4.69) is 24.6 Å². The molecule has 0 radical (unpaired) electrons. The summed E-state index contributed by atoms with van der Waals surface area (Å²) in [6.07, 6.45) is 1.28. The normalized spacial score (nSPS) is 11.7. The molecule has 2 aromatic heterocycles. The lowest BCUT2D eigenvalue weighted by atomic mass is 10.1. The number of aromatic nitrogens is 2. The minimum Gasteiger partial charge on any atom is -0.478 e. The van der Waals surface area contributed by atoms with Gasteiger partial charge in [0.25, 0.3) is 5.56 Å². The first-order valence-electron chi connectivity index (χ1n) is 9.27. The van der Waals surface area contributed by atoms with Crippen molar-refractivity contribution in [3.05, 3.63) is 64.3 Å². The van der Waals surface area contributed by atoms with E-state index in [1.54, 1.807) is 18.2 Å². The summed E-state index contributed by atoms with van der Waals surface area (Å²) >= 11 is 0. The second-order valence-corrected chi connectivity index (χ2v) is 13.7. The Bertz CT molecular complexity index is 1120. The zero-order valence-electron chi connectivity index (χ0n) is 16.6. The van der Waals surface area contributed by atoms with Crippen LogP contribution in [0.25, 0.3) is 22.2 Å². The summed E-state index contributed by atoms with van der Waals surface area (Å²) in [5.74, 6) is -1.58. The van der Waals surface area contributed by atoms with Crippen LogP contribution in [-0.2, 0) is 11.5 Å². The highest BCUT2D eigenvalue weighted by Gasteiger charge is 2.17. The van der Waals surface area contributed by atoms with Crippen molar-refractivity contribution in [1.82, 2.24) is 9.55 Å². The highest BCUT2D eigenvalue weighted by atomic mass is 28.3. The fourth-order valence-corrected chi connectivity index (χ4v) is 3.63. The van der Waals surface area contributed by atoms with Crippen molar-refractivity contribution >= 4 is 24.9 Å². The zero-order chi connectivity index (χ0) is 21.2. The molecule has 0 saturated heterocycles. The molecule has 0 amide bonds. The second kappa shape index (κ2) is 8.26. The van der Waals surface area contributed by atoms with Crippen molar-refractivity contribution in [3.63, 3.8) is 0 Å². The molecular formula is C21H23FN2O4Si. The molecule has 1 N–H and O–H groups in total. The molecule has 3 rings (SSSR count). The molecular weight excluding hydrogens is 391 g/mol. The molecule has 3 aromatic rings. The number of fused-ring (bicyclic) bond motifs is 1. The predicted molar refractivity (Wildman–Crippen MR) is 112 cm³/mol. The number of nitrogens with zero attached hydrogens (tertiary/aromatic N) is 2. The number of hydrogen-bond donors (Lipinski definition) is 1. The minimum absolute atomic E-state index is 0.0143. The van der Waals surface area contributed by atoms with Gasteiger partial charge in [0.15, 0.2) is 0 Å². The number of hydrogen-bond acceptors (Lipinski definition) is 4. The van der Waals surface area contributed by atoms with Gasteiger partial charge in [-0.3, -0.25) is 9.36 Å². The second-order valence-electron chi connectivity index (χ2n) is 8.07. The van der Waals surface area contributed by atoms with E-state index in [-0.39, 0.29) is 23.2 Å². The summed E-state index contributed by atoms with van der Waals surface area (Å²) < 4.78 is 20.4. The number of rotatable bonds is 7. The maximum atomic E-state index is 13.6. The van der Waals surface area contributed by atoms with E-state index in [0.29, 0.717) is 17.9 Å². The van der Waals surface area contributed by atoms with Crippen LogP contribution in [0.15, 0.2) is 47.4 Å². The summed E-state index contributed by atoms with van der Waals surface area (Å²) in [5, 5.41) is 9.81. The Hall–Kier alpha value is -2.84. The molecule has 1 aromatic carbocycles. The van der Waals surface area contributed by atoms with Gasteiger partial charge in [0.05, 0.1) is 11.3 Å². The van der Waals surface area contributed by atoms with Gasteiger partial charge in [0.1, 0.15) is 18.1 Å². The van der Waals surface area contributed by atoms with Crippen LogP contribution in [0.3, 0.4) is 0 Å². The molecule has 6 nitrogen and oxygen atoms in total. The molecule has 0 aliphatic carbocycles. The van der Waals surface area contributed by atoms with Crippen molar-refractivity contribution in [2.45, 2.75) is 32.4 Å². The standard InChI is InChI=1S/C21H23FN2O4Si/c1-29(2,3)10-9-28-13-24-12-17(21(26)27)16-7-8-18(23-19(16)20(24)25)14-5-4-6-15(22)11-14/h4-8,11-12H,9-10,13H2,1-3H3,(H,26,27). The van der Waals surface area contributed by atoms with E-state index in [1.807, 2.05) is 0 Å². The molecule has 0 saturated carbocycles. The van der Waals surface area contributed by atoms with Crippen LogP contribution in [0.2, 0.25) is 25.7 Å². The van der Waals surface area contributed by atoms with Gasteiger partial charge in [-0.25, -0.2) is 14.2 Å². The molecule has 0 aliphatic rings. The van der Waals surface area contributed by atoms with Crippen LogP contribution < -0.4 is 5.56 Å². The van der Waals surface area contributed by atoms with Crippen molar-refractivity contribution in [2.75, 3.05) is 6.61 Å². The van der Waals surface area contributed by atoms with Crippen molar-refractivity contribution < 1.29 is 19.0 Å². The lowest BCUT2D eigenvalue weighted by molar-refractivity contribution is 0.0691. The van der Waals surface area contributed by atoms with Crippen LogP contribution in [0.4, 0.5) is 4.39 Å². The first-order valence-corrected chi connectivity index (χ1v) is 13.0. The Labute approximate surface area is 168 Å². The fraction of sp³-hybridized carbons (Fsp3) is 0.286. The fourth-order valence-electron chi connectivity index (χ4n) is 2.88. The average Bonchev–Trinajstić information content (AvgIpc) is 2.65. The Morgan fingerprint density at radius 1 is 1.24 bits per heavy atom. The third-order valence-corrected chi connectivity index (χ3v) is 6.22. The van der Waals surface area contributed by atoms with Crippen LogP contribution >= 0.6 is 0 Å². The smallest absolute Gasteiger partial charge is 0.337 e. The minimum atomic E-state index is -1.28. The first-order chi connectivity index (χ1) is 13.7.